The van der Waals surface area contributed by atoms with E-state index in [4.69, 9.17) is 13.9 Å². The smallest absolute Gasteiger partial charge is 0.291 e. The summed E-state index contributed by atoms with van der Waals surface area (Å²) in [5, 5.41) is 29.7. The Bertz CT molecular complexity index is 725. The number of hydrogen-bond acceptors (Lipinski definition) is 7. The molecule has 0 saturated carbocycles. The summed E-state index contributed by atoms with van der Waals surface area (Å²) in [5.41, 5.74) is 0.0414. The minimum atomic E-state index is -1.47. The monoisotopic (exact) mass is 308 g/mol. The maximum Gasteiger partial charge on any atom is 0.291 e. The van der Waals surface area contributed by atoms with Crippen LogP contribution in [0.3, 0.4) is 0 Å². The van der Waals surface area contributed by atoms with Crippen molar-refractivity contribution in [3.05, 3.63) is 40.6 Å². The minimum absolute atomic E-state index is 0.136. The number of para-hydroxylation sites is 1. The lowest BCUT2D eigenvalue weighted by atomic mass is 10.0. The molecule has 0 radical (unpaired) electrons. The van der Waals surface area contributed by atoms with Gasteiger partial charge in [0.2, 0.25) is 6.29 Å². The molecule has 2 heterocycles. The highest BCUT2D eigenvalue weighted by molar-refractivity contribution is 5.76. The number of ether oxygens (including phenoxy) is 2. The number of hydrogen-bond donors (Lipinski definition) is 3. The molecule has 1 aliphatic rings. The van der Waals surface area contributed by atoms with Crippen LogP contribution in [-0.4, -0.2) is 46.0 Å². The molecule has 0 unspecified atom stereocenters. The van der Waals surface area contributed by atoms with Crippen molar-refractivity contribution in [3.63, 3.8) is 0 Å². The van der Waals surface area contributed by atoms with E-state index in [9.17, 15) is 20.1 Å². The van der Waals surface area contributed by atoms with E-state index in [0.29, 0.717) is 11.0 Å². The molecule has 1 aliphatic heterocycles. The van der Waals surface area contributed by atoms with Gasteiger partial charge < -0.3 is 29.2 Å². The molecule has 22 heavy (non-hydrogen) atoms. The van der Waals surface area contributed by atoms with Gasteiger partial charge in [0.05, 0.1) is 17.6 Å². The summed E-state index contributed by atoms with van der Waals surface area (Å²) in [6.07, 6.45) is -6.10. The third kappa shape index (κ3) is 2.59. The Labute approximate surface area is 125 Å². The van der Waals surface area contributed by atoms with Crippen molar-refractivity contribution in [1.29, 1.82) is 0 Å². The second-order valence-electron chi connectivity index (χ2n) is 5.23. The Morgan fingerprint density at radius 1 is 1.09 bits per heavy atom. The molecule has 1 aromatic carbocycles. The van der Waals surface area contributed by atoms with Gasteiger partial charge in [0.1, 0.15) is 23.9 Å². The SMILES string of the molecule is C[C@@H]1O[C@@H](Oc2cc(=O)c3ccccc3o2)[C@H](O)[C@H](O)[C@H]1O. The molecule has 1 fully saturated rings. The van der Waals surface area contributed by atoms with Gasteiger partial charge in [-0.05, 0) is 19.1 Å². The lowest BCUT2D eigenvalue weighted by Crippen LogP contribution is -2.58. The number of aliphatic hydroxyl groups excluding tert-OH is 3. The molecule has 7 nitrogen and oxygen atoms in total. The molecular weight excluding hydrogens is 292 g/mol. The summed E-state index contributed by atoms with van der Waals surface area (Å²) in [5.74, 6) is -0.136. The Morgan fingerprint density at radius 2 is 1.82 bits per heavy atom. The van der Waals surface area contributed by atoms with Gasteiger partial charge in [-0.25, -0.2) is 0 Å². The highest BCUT2D eigenvalue weighted by Crippen LogP contribution is 2.25. The predicted molar refractivity (Wildman–Crippen MR) is 75.5 cm³/mol. The minimum Gasteiger partial charge on any atom is -0.432 e. The third-order valence-electron chi connectivity index (χ3n) is 3.65. The third-order valence-corrected chi connectivity index (χ3v) is 3.65. The molecule has 5 atom stereocenters. The van der Waals surface area contributed by atoms with Crippen LogP contribution in [0.5, 0.6) is 5.95 Å². The number of fused-ring (bicyclic) bond motifs is 1. The van der Waals surface area contributed by atoms with Crippen LogP contribution < -0.4 is 10.2 Å². The van der Waals surface area contributed by atoms with Crippen LogP contribution in [0.1, 0.15) is 6.92 Å². The lowest BCUT2D eigenvalue weighted by molar-refractivity contribution is -0.270. The molecule has 0 aliphatic carbocycles. The summed E-state index contributed by atoms with van der Waals surface area (Å²) in [6, 6.07) is 7.80. The summed E-state index contributed by atoms with van der Waals surface area (Å²) < 4.78 is 16.1. The van der Waals surface area contributed by atoms with E-state index in [1.54, 1.807) is 24.3 Å². The molecule has 0 bridgehead atoms. The molecule has 0 amide bonds. The van der Waals surface area contributed by atoms with E-state index < -0.39 is 30.7 Å². The molecule has 1 saturated heterocycles. The van der Waals surface area contributed by atoms with Crippen molar-refractivity contribution < 1.29 is 29.2 Å². The lowest BCUT2D eigenvalue weighted by Gasteiger charge is -2.38. The number of benzene rings is 1. The summed E-state index contributed by atoms with van der Waals surface area (Å²) in [6.45, 7) is 1.53. The number of rotatable bonds is 2. The Kier molecular flexibility index (Phi) is 3.88. The molecule has 0 spiro atoms. The largest absolute Gasteiger partial charge is 0.432 e. The maximum absolute atomic E-state index is 12.0. The van der Waals surface area contributed by atoms with Crippen LogP contribution in [-0.2, 0) is 4.74 Å². The second kappa shape index (κ2) is 5.69. The van der Waals surface area contributed by atoms with Crippen LogP contribution in [0, 0.1) is 0 Å². The van der Waals surface area contributed by atoms with Gasteiger partial charge in [0, 0.05) is 0 Å². The standard InChI is InChI=1S/C15H16O7/c1-7-12(17)13(18)14(19)15(20-7)22-11-6-9(16)8-4-2-3-5-10(8)21-11/h2-7,12-15,17-19H,1H3/t7-,12-,13+,14+,15-/m0/s1. The highest BCUT2D eigenvalue weighted by Gasteiger charge is 2.43. The molecular formula is C15H16O7. The van der Waals surface area contributed by atoms with E-state index in [1.165, 1.54) is 6.92 Å². The predicted octanol–water partition coefficient (Wildman–Crippen LogP) is -0.000700. The van der Waals surface area contributed by atoms with Crippen molar-refractivity contribution in [2.75, 3.05) is 0 Å². The van der Waals surface area contributed by atoms with Gasteiger partial charge in [-0.2, -0.15) is 0 Å². The molecule has 118 valence electrons. The normalized spacial score (nSPS) is 32.1. The fourth-order valence-corrected chi connectivity index (χ4v) is 2.37. The zero-order valence-corrected chi connectivity index (χ0v) is 11.7. The topological polar surface area (TPSA) is 109 Å². The Hall–Kier alpha value is -1.93. The quantitative estimate of drug-likeness (QED) is 0.716. The zero-order chi connectivity index (χ0) is 15.9. The van der Waals surface area contributed by atoms with Crippen LogP contribution >= 0.6 is 0 Å². The number of aliphatic hydroxyl groups is 3. The Morgan fingerprint density at radius 3 is 2.59 bits per heavy atom. The first-order chi connectivity index (χ1) is 10.5. The molecule has 7 heteroatoms. The van der Waals surface area contributed by atoms with Crippen molar-refractivity contribution in [1.82, 2.24) is 0 Å². The van der Waals surface area contributed by atoms with E-state index in [0.717, 1.165) is 6.07 Å². The van der Waals surface area contributed by atoms with Crippen LogP contribution in [0.25, 0.3) is 11.0 Å². The van der Waals surface area contributed by atoms with E-state index >= 15 is 0 Å². The summed E-state index contributed by atoms with van der Waals surface area (Å²) >= 11 is 0. The second-order valence-corrected chi connectivity index (χ2v) is 5.23. The fourth-order valence-electron chi connectivity index (χ4n) is 2.37. The van der Waals surface area contributed by atoms with Crippen LogP contribution in [0.4, 0.5) is 0 Å². The van der Waals surface area contributed by atoms with Crippen LogP contribution in [0.15, 0.2) is 39.5 Å². The first-order valence-electron chi connectivity index (χ1n) is 6.86. The average Bonchev–Trinajstić information content (AvgIpc) is 2.50. The fraction of sp³-hybridized carbons (Fsp3) is 0.400. The summed E-state index contributed by atoms with van der Waals surface area (Å²) in [7, 11) is 0. The van der Waals surface area contributed by atoms with Crippen molar-refractivity contribution in [3.8, 4) is 5.95 Å². The Balaban J connectivity index is 1.88. The molecule has 1 aromatic heterocycles. The zero-order valence-electron chi connectivity index (χ0n) is 11.7. The van der Waals surface area contributed by atoms with Crippen LogP contribution in [0.2, 0.25) is 0 Å². The maximum atomic E-state index is 12.0. The van der Waals surface area contributed by atoms with Gasteiger partial charge in [-0.3, -0.25) is 4.79 Å². The summed E-state index contributed by atoms with van der Waals surface area (Å²) in [4.78, 5) is 12.0. The van der Waals surface area contributed by atoms with Gasteiger partial charge in [0.15, 0.2) is 5.43 Å². The van der Waals surface area contributed by atoms with Gasteiger partial charge in [-0.1, -0.05) is 12.1 Å². The van der Waals surface area contributed by atoms with Crippen molar-refractivity contribution >= 4 is 11.0 Å². The van der Waals surface area contributed by atoms with Gasteiger partial charge in [0.25, 0.3) is 5.95 Å². The first kappa shape index (κ1) is 15.0. The molecule has 3 rings (SSSR count). The molecule has 2 aromatic rings. The average molecular weight is 308 g/mol. The first-order valence-corrected chi connectivity index (χ1v) is 6.86. The highest BCUT2D eigenvalue weighted by atomic mass is 16.7. The van der Waals surface area contributed by atoms with E-state index in [-0.39, 0.29) is 11.4 Å². The van der Waals surface area contributed by atoms with E-state index in [1.807, 2.05) is 0 Å². The molecule has 3 N–H and O–H groups in total. The van der Waals surface area contributed by atoms with Gasteiger partial charge in [-0.15, -0.1) is 0 Å². The van der Waals surface area contributed by atoms with Crippen molar-refractivity contribution in [2.45, 2.75) is 37.6 Å². The van der Waals surface area contributed by atoms with Crippen molar-refractivity contribution in [2.24, 2.45) is 0 Å². The van der Waals surface area contributed by atoms with Gasteiger partial charge >= 0.3 is 0 Å². The van der Waals surface area contributed by atoms with E-state index in [2.05, 4.69) is 0 Å².